The number of H-pyrrole nitrogens is 1. The quantitative estimate of drug-likeness (QED) is 0.609. The van der Waals surface area contributed by atoms with Gasteiger partial charge in [-0.15, -0.1) is 0 Å². The van der Waals surface area contributed by atoms with Crippen molar-refractivity contribution in [2.24, 2.45) is 0 Å². The Morgan fingerprint density at radius 2 is 2.05 bits per heavy atom. The fourth-order valence-corrected chi connectivity index (χ4v) is 2.24. The summed E-state index contributed by atoms with van der Waals surface area (Å²) in [5.41, 5.74) is 3.50. The Morgan fingerprint density at radius 3 is 2.73 bits per heavy atom. The Balaban J connectivity index is 1.94. The van der Waals surface area contributed by atoms with Crippen LogP contribution in [0.5, 0.6) is 0 Å². The summed E-state index contributed by atoms with van der Waals surface area (Å²) >= 11 is 0. The molecule has 0 fully saturated rings. The molecular formula is C17H21NO4. The minimum atomic E-state index is -1.02. The maximum absolute atomic E-state index is 11.2. The number of hydrogen-bond donors (Lipinski definition) is 2. The lowest BCUT2D eigenvalue weighted by atomic mass is 10.1. The van der Waals surface area contributed by atoms with E-state index in [4.69, 9.17) is 4.74 Å². The molecule has 0 radical (unpaired) electrons. The van der Waals surface area contributed by atoms with Crippen LogP contribution in [0.15, 0.2) is 36.5 Å². The topological polar surface area (TPSA) is 71.6 Å². The first-order valence-corrected chi connectivity index (χ1v) is 7.19. The molecule has 0 saturated heterocycles. The first kappa shape index (κ1) is 16.3. The molecule has 5 nitrogen and oxygen atoms in total. The molecule has 1 heterocycles. The van der Waals surface area contributed by atoms with E-state index >= 15 is 0 Å². The third-order valence-corrected chi connectivity index (χ3v) is 3.61. The number of esters is 1. The smallest absolute Gasteiger partial charge is 0.305 e. The summed E-state index contributed by atoms with van der Waals surface area (Å²) in [4.78, 5) is 14.2. The van der Waals surface area contributed by atoms with Crippen molar-refractivity contribution >= 4 is 5.97 Å². The van der Waals surface area contributed by atoms with Crippen molar-refractivity contribution in [2.45, 2.75) is 32.7 Å². The minimum absolute atomic E-state index is 0.247. The molecule has 0 amide bonds. The number of aliphatic hydroxyl groups is 1. The fraction of sp³-hybridized carbons (Fsp3) is 0.353. The van der Waals surface area contributed by atoms with Gasteiger partial charge in [0.2, 0.25) is 0 Å². The van der Waals surface area contributed by atoms with E-state index in [9.17, 15) is 9.90 Å². The van der Waals surface area contributed by atoms with Crippen molar-refractivity contribution < 1.29 is 19.4 Å². The number of nitrogens with one attached hydrogen (secondary N) is 1. The predicted octanol–water partition coefficient (Wildman–Crippen LogP) is 2.64. The van der Waals surface area contributed by atoms with Crippen molar-refractivity contribution in [1.29, 1.82) is 0 Å². The van der Waals surface area contributed by atoms with Gasteiger partial charge in [0.15, 0.2) is 6.29 Å². The molecule has 22 heavy (non-hydrogen) atoms. The Kier molecular flexibility index (Phi) is 5.75. The Bertz CT molecular complexity index is 606. The summed E-state index contributed by atoms with van der Waals surface area (Å²) < 4.78 is 10.1. The highest BCUT2D eigenvalue weighted by atomic mass is 16.6. The normalized spacial score (nSPS) is 12.1. The van der Waals surface area contributed by atoms with Gasteiger partial charge in [-0.1, -0.05) is 30.3 Å². The Labute approximate surface area is 129 Å². The number of rotatable bonds is 7. The number of aliphatic hydroxyl groups excluding tert-OH is 1. The molecule has 0 aliphatic heterocycles. The summed E-state index contributed by atoms with van der Waals surface area (Å²) in [5, 5.41) is 10.2. The summed E-state index contributed by atoms with van der Waals surface area (Å²) in [6, 6.07) is 9.67. The van der Waals surface area contributed by atoms with Gasteiger partial charge in [-0.05, 0) is 30.0 Å². The van der Waals surface area contributed by atoms with E-state index in [1.807, 2.05) is 37.3 Å². The molecule has 1 unspecified atom stereocenters. The highest BCUT2D eigenvalue weighted by molar-refractivity contribution is 5.69. The number of methoxy groups -OCH3 is 1. The second kappa shape index (κ2) is 7.77. The molecule has 0 aliphatic rings. The predicted molar refractivity (Wildman–Crippen MR) is 82.1 cm³/mol. The van der Waals surface area contributed by atoms with Gasteiger partial charge in [-0.25, -0.2) is 0 Å². The number of benzene rings is 1. The second-order valence-electron chi connectivity index (χ2n) is 5.08. The van der Waals surface area contributed by atoms with Crippen LogP contribution in [-0.2, 0) is 27.3 Å². The molecule has 0 bridgehead atoms. The number of ether oxygens (including phenoxy) is 2. The molecule has 118 valence electrons. The highest BCUT2D eigenvalue weighted by Gasteiger charge is 2.16. The zero-order valence-corrected chi connectivity index (χ0v) is 12.8. The van der Waals surface area contributed by atoms with Gasteiger partial charge >= 0.3 is 5.97 Å². The summed E-state index contributed by atoms with van der Waals surface area (Å²) in [6.07, 6.45) is 1.66. The number of carbonyl (C=O) groups is 1. The number of carbonyl (C=O) groups excluding carboxylic acids is 1. The van der Waals surface area contributed by atoms with Gasteiger partial charge in [-0.2, -0.15) is 0 Å². The molecule has 2 N–H and O–H groups in total. The molecule has 1 atom stereocenters. The minimum Gasteiger partial charge on any atom is -0.469 e. The number of aryl methyl sites for hydroxylation is 1. The van der Waals surface area contributed by atoms with Crippen molar-refractivity contribution in [3.63, 3.8) is 0 Å². The lowest BCUT2D eigenvalue weighted by Crippen LogP contribution is -2.06. The molecule has 1 aromatic heterocycles. The zero-order chi connectivity index (χ0) is 15.9. The van der Waals surface area contributed by atoms with Gasteiger partial charge in [0, 0.05) is 12.6 Å². The van der Waals surface area contributed by atoms with E-state index in [0.29, 0.717) is 25.1 Å². The van der Waals surface area contributed by atoms with E-state index in [0.717, 1.165) is 16.7 Å². The van der Waals surface area contributed by atoms with Crippen LogP contribution in [0.25, 0.3) is 0 Å². The van der Waals surface area contributed by atoms with Gasteiger partial charge in [0.25, 0.3) is 0 Å². The van der Waals surface area contributed by atoms with Crippen LogP contribution in [0.2, 0.25) is 0 Å². The van der Waals surface area contributed by atoms with Gasteiger partial charge in [0.05, 0.1) is 19.4 Å². The molecule has 0 aliphatic carbocycles. The van der Waals surface area contributed by atoms with Gasteiger partial charge in [-0.3, -0.25) is 4.79 Å². The molecular weight excluding hydrogens is 282 g/mol. The largest absolute Gasteiger partial charge is 0.469 e. The maximum atomic E-state index is 11.2. The van der Waals surface area contributed by atoms with E-state index in [1.165, 1.54) is 7.11 Å². The van der Waals surface area contributed by atoms with Crippen LogP contribution in [0.3, 0.4) is 0 Å². The van der Waals surface area contributed by atoms with E-state index in [1.54, 1.807) is 6.20 Å². The van der Waals surface area contributed by atoms with E-state index in [2.05, 4.69) is 9.72 Å². The van der Waals surface area contributed by atoms with Crippen LogP contribution >= 0.6 is 0 Å². The standard InChI is InChI=1S/C17H21NO4/c1-12-14(8-9-15(19)21-2)10-18-16(12)17(20)22-11-13-6-4-3-5-7-13/h3-7,10,17-18,20H,8-9,11H2,1-2H3. The fourth-order valence-electron chi connectivity index (χ4n) is 2.24. The first-order chi connectivity index (χ1) is 10.6. The van der Waals surface area contributed by atoms with Crippen LogP contribution < -0.4 is 0 Å². The Hall–Kier alpha value is -2.11. The molecule has 2 rings (SSSR count). The van der Waals surface area contributed by atoms with Crippen LogP contribution in [-0.4, -0.2) is 23.2 Å². The zero-order valence-electron chi connectivity index (χ0n) is 12.8. The monoisotopic (exact) mass is 303 g/mol. The first-order valence-electron chi connectivity index (χ1n) is 7.19. The van der Waals surface area contributed by atoms with Crippen molar-refractivity contribution in [1.82, 2.24) is 4.98 Å². The molecule has 0 saturated carbocycles. The lowest BCUT2D eigenvalue weighted by molar-refractivity contribution is -0.140. The number of aromatic nitrogens is 1. The maximum Gasteiger partial charge on any atom is 0.305 e. The van der Waals surface area contributed by atoms with Gasteiger partial charge < -0.3 is 19.6 Å². The van der Waals surface area contributed by atoms with E-state index in [-0.39, 0.29) is 5.97 Å². The third kappa shape index (κ3) is 4.19. The van der Waals surface area contributed by atoms with Crippen molar-refractivity contribution in [2.75, 3.05) is 7.11 Å². The summed E-state index contributed by atoms with van der Waals surface area (Å²) in [7, 11) is 1.37. The van der Waals surface area contributed by atoms with E-state index < -0.39 is 6.29 Å². The number of aromatic amines is 1. The lowest BCUT2D eigenvalue weighted by Gasteiger charge is -2.12. The molecule has 5 heteroatoms. The average Bonchev–Trinajstić information content (AvgIpc) is 2.92. The Morgan fingerprint density at radius 1 is 1.32 bits per heavy atom. The molecule has 0 spiro atoms. The SMILES string of the molecule is COC(=O)CCc1c[nH]c(C(O)OCc2ccccc2)c1C. The summed E-state index contributed by atoms with van der Waals surface area (Å²) in [6.45, 7) is 2.23. The third-order valence-electron chi connectivity index (χ3n) is 3.61. The van der Waals surface area contributed by atoms with Crippen LogP contribution in [0.4, 0.5) is 0 Å². The van der Waals surface area contributed by atoms with Crippen molar-refractivity contribution in [3.8, 4) is 0 Å². The molecule has 2 aromatic rings. The van der Waals surface area contributed by atoms with Crippen molar-refractivity contribution in [3.05, 3.63) is 58.9 Å². The van der Waals surface area contributed by atoms with Crippen LogP contribution in [0, 0.1) is 6.92 Å². The average molecular weight is 303 g/mol. The second-order valence-corrected chi connectivity index (χ2v) is 5.08. The van der Waals surface area contributed by atoms with Crippen LogP contribution in [0.1, 0.15) is 35.1 Å². The van der Waals surface area contributed by atoms with Gasteiger partial charge in [0.1, 0.15) is 0 Å². The molecule has 1 aromatic carbocycles. The summed E-state index contributed by atoms with van der Waals surface area (Å²) in [5.74, 6) is -0.247. The number of hydrogen-bond acceptors (Lipinski definition) is 4. The highest BCUT2D eigenvalue weighted by Crippen LogP contribution is 2.23.